The number of H-pyrrole nitrogens is 1. The minimum absolute atomic E-state index is 0.0388. The van der Waals surface area contributed by atoms with Gasteiger partial charge in [0.15, 0.2) is 0 Å². The molecule has 1 aromatic heterocycles. The molecule has 0 aliphatic carbocycles. The van der Waals surface area contributed by atoms with Crippen LogP contribution in [0.4, 0.5) is 0 Å². The molecular weight excluding hydrogens is 409 g/mol. The smallest absolute Gasteiger partial charge is 0.336 e. The molecule has 0 radical (unpaired) electrons. The number of hydrogen-bond acceptors (Lipinski definition) is 4. The van der Waals surface area contributed by atoms with Crippen LogP contribution in [-0.4, -0.2) is 40.8 Å². The van der Waals surface area contributed by atoms with Gasteiger partial charge < -0.3 is 10.1 Å². The highest BCUT2D eigenvalue weighted by Crippen LogP contribution is 2.21. The number of imidazole rings is 1. The van der Waals surface area contributed by atoms with Crippen molar-refractivity contribution < 1.29 is 18.3 Å². The van der Waals surface area contributed by atoms with E-state index < -0.39 is 16.0 Å². The lowest BCUT2D eigenvalue weighted by Gasteiger charge is -2.16. The number of nitrogens with one attached hydrogen (secondary N) is 1. The van der Waals surface area contributed by atoms with Crippen molar-refractivity contribution in [2.75, 3.05) is 7.05 Å². The first-order chi connectivity index (χ1) is 9.82. The second kappa shape index (κ2) is 6.12. The van der Waals surface area contributed by atoms with E-state index in [0.29, 0.717) is 9.39 Å². The lowest BCUT2D eigenvalue weighted by molar-refractivity contribution is 0.0695. The molecule has 0 spiro atoms. The summed E-state index contributed by atoms with van der Waals surface area (Å²) < 4.78 is 26.5. The van der Waals surface area contributed by atoms with Gasteiger partial charge in [-0.1, -0.05) is 0 Å². The summed E-state index contributed by atoms with van der Waals surface area (Å²) in [6.07, 6.45) is 3.13. The molecule has 2 aromatic rings. The number of aromatic carboxylic acids is 1. The molecule has 7 nitrogen and oxygen atoms in total. The number of benzene rings is 1. The number of aromatic amines is 1. The number of aromatic nitrogens is 2. The number of rotatable bonds is 5. The van der Waals surface area contributed by atoms with Crippen LogP contribution >= 0.6 is 22.6 Å². The van der Waals surface area contributed by atoms with E-state index in [1.54, 1.807) is 6.20 Å². The lowest BCUT2D eigenvalue weighted by Crippen LogP contribution is -2.27. The third kappa shape index (κ3) is 3.41. The summed E-state index contributed by atoms with van der Waals surface area (Å²) in [5.74, 6) is -0.657. The van der Waals surface area contributed by atoms with E-state index in [1.807, 2.05) is 22.6 Å². The number of sulfonamides is 1. The summed E-state index contributed by atoms with van der Waals surface area (Å²) in [5.41, 5.74) is -0.0388. The molecule has 0 fully saturated rings. The van der Waals surface area contributed by atoms with Gasteiger partial charge in [-0.2, -0.15) is 4.31 Å². The fourth-order valence-electron chi connectivity index (χ4n) is 1.69. The molecule has 2 rings (SSSR count). The Hall–Kier alpha value is -1.46. The minimum atomic E-state index is -3.78. The monoisotopic (exact) mass is 421 g/mol. The van der Waals surface area contributed by atoms with Crippen molar-refractivity contribution in [3.05, 3.63) is 45.6 Å². The zero-order valence-corrected chi connectivity index (χ0v) is 13.9. The summed E-state index contributed by atoms with van der Waals surface area (Å²) in [4.78, 5) is 17.8. The van der Waals surface area contributed by atoms with Crippen LogP contribution in [0.2, 0.25) is 0 Å². The Balaban J connectivity index is 2.35. The second-order valence-corrected chi connectivity index (χ2v) is 7.45. The average molecular weight is 421 g/mol. The Morgan fingerprint density at radius 3 is 2.76 bits per heavy atom. The van der Waals surface area contributed by atoms with Crippen LogP contribution in [0.1, 0.15) is 16.2 Å². The van der Waals surface area contributed by atoms with Gasteiger partial charge >= 0.3 is 5.97 Å². The van der Waals surface area contributed by atoms with E-state index >= 15 is 0 Å². The first-order valence-electron chi connectivity index (χ1n) is 5.80. The highest BCUT2D eigenvalue weighted by Gasteiger charge is 2.23. The summed E-state index contributed by atoms with van der Waals surface area (Å²) in [7, 11) is -2.37. The molecule has 0 aliphatic rings. The molecule has 2 N–H and O–H groups in total. The van der Waals surface area contributed by atoms with Gasteiger partial charge in [0.25, 0.3) is 0 Å². The van der Waals surface area contributed by atoms with Crippen LogP contribution < -0.4 is 0 Å². The normalized spacial score (nSPS) is 11.8. The standard InChI is InChI=1S/C12H12IN3O4S/c1-16(7-11-14-4-5-15-11)21(19,20)8-2-3-10(13)9(6-8)12(17)18/h2-6H,7H2,1H3,(H,14,15)(H,17,18). The maximum Gasteiger partial charge on any atom is 0.336 e. The third-order valence-corrected chi connectivity index (χ3v) is 5.54. The molecule has 112 valence electrons. The van der Waals surface area contributed by atoms with Gasteiger partial charge in [-0.3, -0.25) is 0 Å². The van der Waals surface area contributed by atoms with Crippen molar-refractivity contribution in [1.82, 2.24) is 14.3 Å². The van der Waals surface area contributed by atoms with Crippen molar-refractivity contribution >= 4 is 38.6 Å². The van der Waals surface area contributed by atoms with Crippen molar-refractivity contribution in [1.29, 1.82) is 0 Å². The van der Waals surface area contributed by atoms with Crippen molar-refractivity contribution in [3.8, 4) is 0 Å². The highest BCUT2D eigenvalue weighted by atomic mass is 127. The molecule has 0 saturated heterocycles. The number of carboxylic acid groups (broad SMARTS) is 1. The van der Waals surface area contributed by atoms with E-state index in [0.717, 1.165) is 10.4 Å². The molecule has 0 atom stereocenters. The molecule has 0 saturated carbocycles. The average Bonchev–Trinajstić information content (AvgIpc) is 2.91. The Bertz CT molecular complexity index is 759. The number of nitrogens with zero attached hydrogens (tertiary/aromatic N) is 2. The van der Waals surface area contributed by atoms with Crippen LogP contribution in [0, 0.1) is 3.57 Å². The quantitative estimate of drug-likeness (QED) is 0.713. The fourth-order valence-corrected chi connectivity index (χ4v) is 3.41. The molecule has 0 amide bonds. The Morgan fingerprint density at radius 1 is 1.48 bits per heavy atom. The van der Waals surface area contributed by atoms with Crippen LogP contribution in [-0.2, 0) is 16.6 Å². The Morgan fingerprint density at radius 2 is 2.19 bits per heavy atom. The minimum Gasteiger partial charge on any atom is -0.478 e. The molecule has 9 heteroatoms. The molecule has 0 aliphatic heterocycles. The number of hydrogen-bond donors (Lipinski definition) is 2. The highest BCUT2D eigenvalue weighted by molar-refractivity contribution is 14.1. The molecule has 0 unspecified atom stereocenters. The van der Waals surface area contributed by atoms with E-state index in [4.69, 9.17) is 5.11 Å². The van der Waals surface area contributed by atoms with Crippen LogP contribution in [0.5, 0.6) is 0 Å². The van der Waals surface area contributed by atoms with Crippen LogP contribution in [0.25, 0.3) is 0 Å². The van der Waals surface area contributed by atoms with Gasteiger partial charge in [0.2, 0.25) is 10.0 Å². The van der Waals surface area contributed by atoms with Crippen molar-refractivity contribution in [2.45, 2.75) is 11.4 Å². The Kier molecular flexibility index (Phi) is 4.64. The zero-order chi connectivity index (χ0) is 15.6. The maximum absolute atomic E-state index is 12.4. The fraction of sp³-hybridized carbons (Fsp3) is 0.167. The first-order valence-corrected chi connectivity index (χ1v) is 8.31. The zero-order valence-electron chi connectivity index (χ0n) is 10.9. The number of carboxylic acids is 1. The Labute approximate surface area is 135 Å². The lowest BCUT2D eigenvalue weighted by atomic mass is 10.2. The molecular formula is C12H12IN3O4S. The van der Waals surface area contributed by atoms with E-state index in [-0.39, 0.29) is 17.0 Å². The third-order valence-electron chi connectivity index (χ3n) is 2.80. The molecule has 0 bridgehead atoms. The maximum atomic E-state index is 12.4. The molecule has 1 heterocycles. The van der Waals surface area contributed by atoms with Gasteiger partial charge in [-0.25, -0.2) is 18.2 Å². The van der Waals surface area contributed by atoms with Crippen molar-refractivity contribution in [2.24, 2.45) is 0 Å². The number of halogens is 1. The second-order valence-electron chi connectivity index (χ2n) is 4.24. The first kappa shape index (κ1) is 15.9. The van der Waals surface area contributed by atoms with Crippen LogP contribution in [0.3, 0.4) is 0 Å². The molecule has 1 aromatic carbocycles. The largest absolute Gasteiger partial charge is 0.478 e. The van der Waals surface area contributed by atoms with Gasteiger partial charge in [-0.15, -0.1) is 0 Å². The van der Waals surface area contributed by atoms with E-state index in [9.17, 15) is 13.2 Å². The SMILES string of the molecule is CN(Cc1ncc[nH]1)S(=O)(=O)c1ccc(I)c(C(=O)O)c1. The summed E-state index contributed by atoms with van der Waals surface area (Å²) in [6, 6.07) is 4.03. The van der Waals surface area contributed by atoms with Gasteiger partial charge in [0.05, 0.1) is 17.0 Å². The van der Waals surface area contributed by atoms with Crippen LogP contribution in [0.15, 0.2) is 35.5 Å². The predicted octanol–water partition coefficient (Wildman–Crippen LogP) is 1.53. The summed E-state index contributed by atoms with van der Waals surface area (Å²) in [6.45, 7) is 0.0731. The molecule has 21 heavy (non-hydrogen) atoms. The summed E-state index contributed by atoms with van der Waals surface area (Å²) in [5, 5.41) is 9.07. The van der Waals surface area contributed by atoms with Gasteiger partial charge in [0.1, 0.15) is 5.82 Å². The van der Waals surface area contributed by atoms with E-state index in [2.05, 4.69) is 9.97 Å². The van der Waals surface area contributed by atoms with Crippen molar-refractivity contribution in [3.63, 3.8) is 0 Å². The van der Waals surface area contributed by atoms with Gasteiger partial charge in [-0.05, 0) is 40.8 Å². The van der Waals surface area contributed by atoms with E-state index in [1.165, 1.54) is 25.4 Å². The van der Waals surface area contributed by atoms with Gasteiger partial charge in [0, 0.05) is 23.0 Å². The number of carbonyl (C=O) groups is 1. The summed E-state index contributed by atoms with van der Waals surface area (Å²) >= 11 is 1.85. The predicted molar refractivity (Wildman–Crippen MR) is 83.4 cm³/mol. The topological polar surface area (TPSA) is 103 Å².